The topological polar surface area (TPSA) is 44.1 Å². The van der Waals surface area contributed by atoms with E-state index in [1.807, 2.05) is 19.4 Å². The van der Waals surface area contributed by atoms with Crippen molar-refractivity contribution in [1.29, 1.82) is 0 Å². The van der Waals surface area contributed by atoms with E-state index in [1.54, 1.807) is 4.57 Å². The number of carbonyl (C=O) groups is 1. The molecule has 0 aliphatic rings. The van der Waals surface area contributed by atoms with E-state index >= 15 is 0 Å². The Labute approximate surface area is 81.3 Å². The molecule has 1 rings (SSSR count). The van der Waals surface area contributed by atoms with Crippen LogP contribution in [0.4, 0.5) is 0 Å². The average Bonchev–Trinajstić information content (AvgIpc) is 2.46. The Morgan fingerprint density at radius 2 is 2.46 bits per heavy atom. The third-order valence-electron chi connectivity index (χ3n) is 1.57. The van der Waals surface area contributed by atoms with Crippen LogP contribution < -0.4 is 0 Å². The minimum atomic E-state index is -0.257. The van der Waals surface area contributed by atoms with Crippen LogP contribution in [0.2, 0.25) is 0 Å². The molecule has 0 bridgehead atoms. The lowest BCUT2D eigenvalue weighted by atomic mass is 10.5. The van der Waals surface area contributed by atoms with E-state index < -0.39 is 0 Å². The lowest BCUT2D eigenvalue weighted by molar-refractivity contribution is -0.141. The molecule has 0 atom stereocenters. The molecule has 0 aliphatic heterocycles. The van der Waals surface area contributed by atoms with Crippen molar-refractivity contribution in [3.8, 4) is 0 Å². The SMILES string of the molecule is COC(=O)Cn1cc(C)nc1SC. The number of nitrogens with zero attached hydrogens (tertiary/aromatic N) is 2. The second-order valence-electron chi connectivity index (χ2n) is 2.57. The minimum absolute atomic E-state index is 0.230. The number of aryl methyl sites for hydroxylation is 1. The molecule has 1 heterocycles. The van der Waals surface area contributed by atoms with E-state index in [-0.39, 0.29) is 12.5 Å². The number of imidazole rings is 1. The highest BCUT2D eigenvalue weighted by molar-refractivity contribution is 7.98. The Kier molecular flexibility index (Phi) is 3.36. The minimum Gasteiger partial charge on any atom is -0.468 e. The molecule has 72 valence electrons. The average molecular weight is 200 g/mol. The lowest BCUT2D eigenvalue weighted by Crippen LogP contribution is -2.11. The summed E-state index contributed by atoms with van der Waals surface area (Å²) in [4.78, 5) is 15.2. The summed E-state index contributed by atoms with van der Waals surface area (Å²) in [6.45, 7) is 2.13. The summed E-state index contributed by atoms with van der Waals surface area (Å²) >= 11 is 1.51. The van der Waals surface area contributed by atoms with Gasteiger partial charge in [0.2, 0.25) is 0 Å². The molecule has 0 saturated heterocycles. The van der Waals surface area contributed by atoms with Gasteiger partial charge in [0.25, 0.3) is 0 Å². The highest BCUT2D eigenvalue weighted by Crippen LogP contribution is 2.13. The molecule has 0 N–H and O–H groups in total. The van der Waals surface area contributed by atoms with Gasteiger partial charge in [0, 0.05) is 6.20 Å². The molecular formula is C8H12N2O2S. The predicted octanol–water partition coefficient (Wildman–Crippen LogP) is 1.09. The molecule has 0 aliphatic carbocycles. The van der Waals surface area contributed by atoms with Crippen LogP contribution in [0, 0.1) is 6.92 Å². The van der Waals surface area contributed by atoms with Gasteiger partial charge in [0.05, 0.1) is 12.8 Å². The van der Waals surface area contributed by atoms with Crippen LogP contribution >= 0.6 is 11.8 Å². The Balaban J connectivity index is 2.80. The summed E-state index contributed by atoms with van der Waals surface area (Å²) < 4.78 is 6.35. The van der Waals surface area contributed by atoms with Gasteiger partial charge in [0.1, 0.15) is 6.54 Å². The van der Waals surface area contributed by atoms with Crippen LogP contribution in [-0.4, -0.2) is 28.9 Å². The van der Waals surface area contributed by atoms with Gasteiger partial charge in [-0.05, 0) is 13.2 Å². The first-order valence-electron chi connectivity index (χ1n) is 3.82. The van der Waals surface area contributed by atoms with Crippen LogP contribution in [0.1, 0.15) is 5.69 Å². The first-order valence-corrected chi connectivity index (χ1v) is 5.04. The van der Waals surface area contributed by atoms with Gasteiger partial charge in [-0.1, -0.05) is 11.8 Å². The lowest BCUT2D eigenvalue weighted by Gasteiger charge is -2.02. The Morgan fingerprint density at radius 1 is 1.77 bits per heavy atom. The maximum absolute atomic E-state index is 11.0. The molecule has 0 spiro atoms. The molecule has 0 amide bonds. The van der Waals surface area contributed by atoms with Gasteiger partial charge in [-0.2, -0.15) is 0 Å². The first-order chi connectivity index (χ1) is 6.17. The number of rotatable bonds is 3. The van der Waals surface area contributed by atoms with Crippen LogP contribution in [0.3, 0.4) is 0 Å². The molecule has 0 fully saturated rings. The third-order valence-corrected chi connectivity index (χ3v) is 2.26. The number of carbonyl (C=O) groups excluding carboxylic acids is 1. The monoisotopic (exact) mass is 200 g/mol. The zero-order valence-corrected chi connectivity index (χ0v) is 8.72. The molecule has 0 saturated carbocycles. The first kappa shape index (κ1) is 10.1. The van der Waals surface area contributed by atoms with Crippen LogP contribution in [0.25, 0.3) is 0 Å². The Bertz CT molecular complexity index is 309. The fraction of sp³-hybridized carbons (Fsp3) is 0.500. The molecule has 13 heavy (non-hydrogen) atoms. The Hall–Kier alpha value is -0.970. The van der Waals surface area contributed by atoms with E-state index in [0.717, 1.165) is 10.9 Å². The van der Waals surface area contributed by atoms with Crippen LogP contribution in [-0.2, 0) is 16.1 Å². The zero-order chi connectivity index (χ0) is 9.84. The summed E-state index contributed by atoms with van der Waals surface area (Å²) in [5.41, 5.74) is 0.910. The maximum Gasteiger partial charge on any atom is 0.325 e. The largest absolute Gasteiger partial charge is 0.468 e. The number of methoxy groups -OCH3 is 1. The molecule has 0 aromatic carbocycles. The molecular weight excluding hydrogens is 188 g/mol. The second-order valence-corrected chi connectivity index (χ2v) is 3.35. The summed E-state index contributed by atoms with van der Waals surface area (Å²) in [5.74, 6) is -0.257. The number of thioether (sulfide) groups is 1. The van der Waals surface area contributed by atoms with Crippen molar-refractivity contribution in [1.82, 2.24) is 9.55 Å². The summed E-state index contributed by atoms with van der Waals surface area (Å²) in [5, 5.41) is 0.836. The van der Waals surface area contributed by atoms with Gasteiger partial charge in [-0.25, -0.2) is 4.98 Å². The quantitative estimate of drug-likeness (QED) is 0.541. The number of hydrogen-bond donors (Lipinski definition) is 0. The van der Waals surface area contributed by atoms with Crippen molar-refractivity contribution in [2.24, 2.45) is 0 Å². The summed E-state index contributed by atoms with van der Waals surface area (Å²) in [6.07, 6.45) is 3.76. The number of hydrogen-bond acceptors (Lipinski definition) is 4. The van der Waals surface area contributed by atoms with E-state index in [4.69, 9.17) is 0 Å². The molecule has 1 aromatic rings. The van der Waals surface area contributed by atoms with Crippen molar-refractivity contribution >= 4 is 17.7 Å². The predicted molar refractivity (Wildman–Crippen MR) is 50.8 cm³/mol. The van der Waals surface area contributed by atoms with Crippen molar-refractivity contribution in [3.63, 3.8) is 0 Å². The Morgan fingerprint density at radius 3 is 3.00 bits per heavy atom. The van der Waals surface area contributed by atoms with Crippen molar-refractivity contribution in [3.05, 3.63) is 11.9 Å². The van der Waals surface area contributed by atoms with Crippen molar-refractivity contribution < 1.29 is 9.53 Å². The normalized spacial score (nSPS) is 10.1. The maximum atomic E-state index is 11.0. The molecule has 1 aromatic heterocycles. The van der Waals surface area contributed by atoms with Crippen LogP contribution in [0.15, 0.2) is 11.4 Å². The van der Waals surface area contributed by atoms with Gasteiger partial charge in [0.15, 0.2) is 5.16 Å². The smallest absolute Gasteiger partial charge is 0.325 e. The molecule has 5 heteroatoms. The summed E-state index contributed by atoms with van der Waals surface area (Å²) in [6, 6.07) is 0. The number of esters is 1. The van der Waals surface area contributed by atoms with Crippen LogP contribution in [0.5, 0.6) is 0 Å². The van der Waals surface area contributed by atoms with Crippen molar-refractivity contribution in [2.75, 3.05) is 13.4 Å². The highest BCUT2D eigenvalue weighted by atomic mass is 32.2. The van der Waals surface area contributed by atoms with E-state index in [9.17, 15) is 4.79 Å². The fourth-order valence-electron chi connectivity index (χ4n) is 1.00. The standard InChI is InChI=1S/C8H12N2O2S/c1-6-4-10(5-7(11)12-2)8(9-6)13-3/h4H,5H2,1-3H3. The van der Waals surface area contributed by atoms with E-state index in [2.05, 4.69) is 9.72 Å². The zero-order valence-electron chi connectivity index (χ0n) is 7.90. The van der Waals surface area contributed by atoms with E-state index in [1.165, 1.54) is 18.9 Å². The molecule has 4 nitrogen and oxygen atoms in total. The highest BCUT2D eigenvalue weighted by Gasteiger charge is 2.08. The molecule has 0 radical (unpaired) electrons. The fourth-order valence-corrected chi connectivity index (χ4v) is 1.59. The number of ether oxygens (including phenoxy) is 1. The number of aromatic nitrogens is 2. The van der Waals surface area contributed by atoms with Crippen molar-refractivity contribution in [2.45, 2.75) is 18.6 Å². The second kappa shape index (κ2) is 4.32. The van der Waals surface area contributed by atoms with Gasteiger partial charge in [-0.15, -0.1) is 0 Å². The summed E-state index contributed by atoms with van der Waals surface area (Å²) in [7, 11) is 1.38. The molecule has 0 unspecified atom stereocenters. The third kappa shape index (κ3) is 2.48. The van der Waals surface area contributed by atoms with E-state index in [0.29, 0.717) is 0 Å². The van der Waals surface area contributed by atoms with Gasteiger partial charge >= 0.3 is 5.97 Å². The van der Waals surface area contributed by atoms with Gasteiger partial charge in [-0.3, -0.25) is 4.79 Å². The van der Waals surface area contributed by atoms with Gasteiger partial charge < -0.3 is 9.30 Å².